The molecule has 0 aliphatic carbocycles. The molecule has 0 bridgehead atoms. The molecule has 0 aliphatic rings. The van der Waals surface area contributed by atoms with Crippen LogP contribution in [0.1, 0.15) is 12.7 Å². The van der Waals surface area contributed by atoms with Crippen LogP contribution < -0.4 is 10.1 Å². The van der Waals surface area contributed by atoms with Crippen molar-refractivity contribution in [2.75, 3.05) is 19.0 Å². The summed E-state index contributed by atoms with van der Waals surface area (Å²) in [4.78, 5) is 9.66. The molecule has 0 radical (unpaired) electrons. The van der Waals surface area contributed by atoms with Crippen LogP contribution in [0.25, 0.3) is 21.3 Å². The summed E-state index contributed by atoms with van der Waals surface area (Å²) in [5.41, 5.74) is 0.938. The molecule has 7 heteroatoms. The Hall–Kier alpha value is -2.90. The van der Waals surface area contributed by atoms with Gasteiger partial charge >= 0.3 is 0 Å². The second-order valence-corrected chi connectivity index (χ2v) is 7.24. The molecule has 3 aromatic heterocycles. The second-order valence-electron chi connectivity index (χ2n) is 6.39. The number of benzene rings is 1. The van der Waals surface area contributed by atoms with Crippen molar-refractivity contribution >= 4 is 27.4 Å². The predicted octanol–water partition coefficient (Wildman–Crippen LogP) is 4.28. The van der Waals surface area contributed by atoms with Gasteiger partial charge in [0.2, 0.25) is 0 Å². The Morgan fingerprint density at radius 3 is 2.74 bits per heavy atom. The molecule has 6 nitrogen and oxygen atoms in total. The van der Waals surface area contributed by atoms with Crippen LogP contribution in [0, 0.1) is 0 Å². The van der Waals surface area contributed by atoms with E-state index in [2.05, 4.69) is 20.7 Å². The maximum absolute atomic E-state index is 10.7. The molecule has 0 amide bonds. The van der Waals surface area contributed by atoms with Crippen molar-refractivity contribution in [3.05, 3.63) is 60.1 Å². The number of hydrogen-bond donors (Lipinski definition) is 2. The molecule has 0 aliphatic heterocycles. The van der Waals surface area contributed by atoms with E-state index in [9.17, 15) is 5.11 Å². The summed E-state index contributed by atoms with van der Waals surface area (Å²) >= 11 is 1.56. The number of hydrogen-bond acceptors (Lipinski definition) is 7. The maximum Gasteiger partial charge on any atom is 0.138 e. The smallest absolute Gasteiger partial charge is 0.138 e. The van der Waals surface area contributed by atoms with Gasteiger partial charge in [-0.1, -0.05) is 12.1 Å². The van der Waals surface area contributed by atoms with Crippen LogP contribution in [0.5, 0.6) is 5.75 Å². The number of rotatable bonds is 6. The summed E-state index contributed by atoms with van der Waals surface area (Å²) in [5.74, 6) is 1.99. The summed E-state index contributed by atoms with van der Waals surface area (Å²) in [6.07, 6.45) is 3.08. The van der Waals surface area contributed by atoms with Crippen molar-refractivity contribution in [3.8, 4) is 16.9 Å². The fraction of sp³-hybridized carbons (Fsp3) is 0.200. The van der Waals surface area contributed by atoms with Gasteiger partial charge in [-0.25, -0.2) is 9.97 Å². The van der Waals surface area contributed by atoms with Crippen LogP contribution in [0.2, 0.25) is 0 Å². The molecule has 0 saturated heterocycles. The first-order valence-electron chi connectivity index (χ1n) is 8.45. The minimum absolute atomic E-state index is 0.254. The van der Waals surface area contributed by atoms with E-state index in [1.807, 2.05) is 24.3 Å². The lowest BCUT2D eigenvalue weighted by Gasteiger charge is -2.21. The molecule has 0 saturated carbocycles. The number of methoxy groups -OCH3 is 1. The number of anilines is 1. The van der Waals surface area contributed by atoms with E-state index in [1.165, 1.54) is 6.33 Å². The largest absolute Gasteiger partial charge is 0.497 e. The quantitative estimate of drug-likeness (QED) is 0.519. The third kappa shape index (κ3) is 3.39. The normalized spacial score (nSPS) is 13.4. The molecular weight excluding hydrogens is 362 g/mol. The molecule has 1 aromatic carbocycles. The zero-order valence-electron chi connectivity index (χ0n) is 15.0. The van der Waals surface area contributed by atoms with Crippen LogP contribution in [-0.2, 0) is 5.60 Å². The zero-order valence-corrected chi connectivity index (χ0v) is 15.8. The van der Waals surface area contributed by atoms with Crippen LogP contribution in [0.4, 0.5) is 5.82 Å². The first-order chi connectivity index (χ1) is 13.1. The Balaban J connectivity index is 1.68. The van der Waals surface area contributed by atoms with Gasteiger partial charge in [0.25, 0.3) is 0 Å². The van der Waals surface area contributed by atoms with Crippen molar-refractivity contribution in [2.45, 2.75) is 12.5 Å². The topological polar surface area (TPSA) is 80.4 Å². The number of nitrogens with zero attached hydrogens (tertiary/aromatic N) is 2. The fourth-order valence-electron chi connectivity index (χ4n) is 2.92. The molecule has 2 N–H and O–H groups in total. The summed E-state index contributed by atoms with van der Waals surface area (Å²) < 4.78 is 10.6. The van der Waals surface area contributed by atoms with Gasteiger partial charge < -0.3 is 19.6 Å². The number of nitrogens with one attached hydrogen (secondary N) is 1. The Morgan fingerprint density at radius 1 is 1.22 bits per heavy atom. The van der Waals surface area contributed by atoms with E-state index in [0.29, 0.717) is 11.6 Å². The molecule has 1 unspecified atom stereocenters. The number of furan rings is 1. The molecule has 0 fully saturated rings. The van der Waals surface area contributed by atoms with Gasteiger partial charge in [0.1, 0.15) is 34.1 Å². The summed E-state index contributed by atoms with van der Waals surface area (Å²) in [7, 11) is 1.65. The highest BCUT2D eigenvalue weighted by molar-refractivity contribution is 7.17. The van der Waals surface area contributed by atoms with Gasteiger partial charge in [-0.05, 0) is 36.8 Å². The van der Waals surface area contributed by atoms with Gasteiger partial charge in [-0.3, -0.25) is 0 Å². The van der Waals surface area contributed by atoms with Crippen LogP contribution >= 0.6 is 11.3 Å². The molecular formula is C20H19N3O3S. The predicted molar refractivity (Wildman–Crippen MR) is 106 cm³/mol. The third-order valence-electron chi connectivity index (χ3n) is 4.42. The van der Waals surface area contributed by atoms with Crippen molar-refractivity contribution in [1.82, 2.24) is 9.97 Å². The van der Waals surface area contributed by atoms with E-state index < -0.39 is 5.60 Å². The SMILES string of the molecule is COc1ccc(-c2csc3ncnc(NCC(C)(O)c4ccco4)c23)cc1. The standard InChI is InChI=1S/C20H19N3O3S/c1-20(24,16-4-3-9-26-16)11-21-18-17-15(10-27-19(17)23-12-22-18)13-5-7-14(25-2)8-6-13/h3-10,12,24H,11H2,1-2H3,(H,21,22,23). The van der Waals surface area contributed by atoms with E-state index in [0.717, 1.165) is 27.1 Å². The van der Waals surface area contributed by atoms with Crippen LogP contribution in [0.15, 0.2) is 58.8 Å². The molecule has 3 heterocycles. The summed E-state index contributed by atoms with van der Waals surface area (Å²) in [5, 5.41) is 16.9. The molecule has 4 rings (SSSR count). The average Bonchev–Trinajstić information content (AvgIpc) is 3.37. The van der Waals surface area contributed by atoms with E-state index >= 15 is 0 Å². The number of aromatic nitrogens is 2. The highest BCUT2D eigenvalue weighted by Crippen LogP contribution is 2.37. The Bertz CT molecular complexity index is 1040. The maximum atomic E-state index is 10.7. The van der Waals surface area contributed by atoms with Crippen molar-refractivity contribution in [3.63, 3.8) is 0 Å². The van der Waals surface area contributed by atoms with E-state index in [-0.39, 0.29) is 6.54 Å². The van der Waals surface area contributed by atoms with Gasteiger partial charge in [0, 0.05) is 10.9 Å². The van der Waals surface area contributed by atoms with Gasteiger partial charge in [-0.15, -0.1) is 11.3 Å². The zero-order chi connectivity index (χ0) is 18.9. The van der Waals surface area contributed by atoms with E-state index in [4.69, 9.17) is 9.15 Å². The molecule has 138 valence electrons. The van der Waals surface area contributed by atoms with Crippen LogP contribution in [-0.4, -0.2) is 28.7 Å². The summed E-state index contributed by atoms with van der Waals surface area (Å²) in [6, 6.07) is 11.4. The summed E-state index contributed by atoms with van der Waals surface area (Å²) in [6.45, 7) is 1.96. The highest BCUT2D eigenvalue weighted by Gasteiger charge is 2.26. The minimum Gasteiger partial charge on any atom is -0.497 e. The number of thiophene rings is 1. The molecule has 27 heavy (non-hydrogen) atoms. The lowest BCUT2D eigenvalue weighted by molar-refractivity contribution is 0.0476. The fourth-order valence-corrected chi connectivity index (χ4v) is 3.84. The van der Waals surface area contributed by atoms with Gasteiger partial charge in [0.05, 0.1) is 25.3 Å². The lowest BCUT2D eigenvalue weighted by Crippen LogP contribution is -2.30. The highest BCUT2D eigenvalue weighted by atomic mass is 32.1. The van der Waals surface area contributed by atoms with Gasteiger partial charge in [0.15, 0.2) is 0 Å². The average molecular weight is 381 g/mol. The Labute approximate surface area is 160 Å². The lowest BCUT2D eigenvalue weighted by atomic mass is 10.0. The third-order valence-corrected chi connectivity index (χ3v) is 5.31. The second kappa shape index (κ2) is 7.02. The molecule has 0 spiro atoms. The number of aliphatic hydroxyl groups is 1. The molecule has 4 aromatic rings. The Kier molecular flexibility index (Phi) is 4.55. The Morgan fingerprint density at radius 2 is 2.04 bits per heavy atom. The van der Waals surface area contributed by atoms with Crippen molar-refractivity contribution < 1.29 is 14.3 Å². The van der Waals surface area contributed by atoms with Crippen LogP contribution in [0.3, 0.4) is 0 Å². The van der Waals surface area contributed by atoms with Crippen molar-refractivity contribution in [2.24, 2.45) is 0 Å². The molecule has 1 atom stereocenters. The monoisotopic (exact) mass is 381 g/mol. The van der Waals surface area contributed by atoms with E-state index in [1.54, 1.807) is 43.8 Å². The number of fused-ring (bicyclic) bond motifs is 1. The number of ether oxygens (including phenoxy) is 1. The first kappa shape index (κ1) is 17.5. The van der Waals surface area contributed by atoms with Gasteiger partial charge in [-0.2, -0.15) is 0 Å². The minimum atomic E-state index is -1.16. The van der Waals surface area contributed by atoms with Crippen molar-refractivity contribution in [1.29, 1.82) is 0 Å². The first-order valence-corrected chi connectivity index (χ1v) is 9.33.